The van der Waals surface area contributed by atoms with Gasteiger partial charge in [0.05, 0.1) is 22.5 Å². The summed E-state index contributed by atoms with van der Waals surface area (Å²) in [6.45, 7) is 8.14. The topological polar surface area (TPSA) is 66.0 Å². The van der Waals surface area contributed by atoms with E-state index >= 15 is 0 Å². The zero-order chi connectivity index (χ0) is 27.2. The van der Waals surface area contributed by atoms with Gasteiger partial charge in [-0.3, -0.25) is 0 Å². The maximum Gasteiger partial charge on any atom is 0.145 e. The number of nitrogens with zero attached hydrogens (tertiary/aromatic N) is 5. The normalized spacial score (nSPS) is 18.3. The molecule has 0 radical (unpaired) electrons. The lowest BCUT2D eigenvalue weighted by Crippen LogP contribution is -2.35. The third-order valence-electron chi connectivity index (χ3n) is 7.52. The van der Waals surface area contributed by atoms with Crippen LogP contribution in [0.15, 0.2) is 36.7 Å². The number of likely N-dealkylation sites (tertiary alicyclic amines) is 1. The number of piperidine rings is 1. The van der Waals surface area contributed by atoms with Gasteiger partial charge in [-0.25, -0.2) is 14.4 Å². The standard InChI is InChI=1S/C29H38ClFN6O2/c1-35-9-3-10-37(15-14-35)11-4-16-38-23-18-26-28(27(19-23)39-22-7-12-36(2)13-8-22)29(33-20-32-26)34-21-5-6-25(31)24(30)17-21/h5-6,17-20,22H,3-4,7-16H2,1-2H3,(H,32,33,34). The molecule has 3 heterocycles. The molecule has 2 fully saturated rings. The average Bonchev–Trinajstić information content (AvgIpc) is 3.14. The Balaban J connectivity index is 1.34. The van der Waals surface area contributed by atoms with Gasteiger partial charge in [0.2, 0.25) is 0 Å². The zero-order valence-electron chi connectivity index (χ0n) is 22.8. The van der Waals surface area contributed by atoms with Crippen molar-refractivity contribution in [2.45, 2.75) is 31.8 Å². The van der Waals surface area contributed by atoms with Gasteiger partial charge in [-0.1, -0.05) is 11.6 Å². The Morgan fingerprint density at radius 1 is 1.00 bits per heavy atom. The highest BCUT2D eigenvalue weighted by molar-refractivity contribution is 6.31. The first-order valence-electron chi connectivity index (χ1n) is 13.8. The lowest BCUT2D eigenvalue weighted by atomic mass is 10.1. The second-order valence-corrected chi connectivity index (χ2v) is 11.0. The minimum Gasteiger partial charge on any atom is -0.493 e. The first-order valence-corrected chi connectivity index (χ1v) is 14.2. The predicted molar refractivity (Wildman–Crippen MR) is 154 cm³/mol. The molecule has 0 spiro atoms. The number of fused-ring (bicyclic) bond motifs is 1. The highest BCUT2D eigenvalue weighted by Gasteiger charge is 2.22. The van der Waals surface area contributed by atoms with E-state index in [9.17, 15) is 4.39 Å². The molecule has 2 aliphatic heterocycles. The van der Waals surface area contributed by atoms with E-state index in [0.29, 0.717) is 23.9 Å². The number of aromatic nitrogens is 2. The molecule has 0 saturated carbocycles. The Labute approximate surface area is 235 Å². The molecular formula is C29H38ClFN6O2. The van der Waals surface area contributed by atoms with E-state index in [1.165, 1.54) is 18.8 Å². The summed E-state index contributed by atoms with van der Waals surface area (Å²) in [5, 5.41) is 4.08. The largest absolute Gasteiger partial charge is 0.493 e. The molecule has 2 aromatic carbocycles. The van der Waals surface area contributed by atoms with Gasteiger partial charge in [0, 0.05) is 50.5 Å². The summed E-state index contributed by atoms with van der Waals surface area (Å²) < 4.78 is 26.5. The van der Waals surface area contributed by atoms with Crippen LogP contribution in [-0.4, -0.2) is 97.3 Å². The van der Waals surface area contributed by atoms with E-state index in [0.717, 1.165) is 81.7 Å². The Bertz CT molecular complexity index is 1260. The summed E-state index contributed by atoms with van der Waals surface area (Å²) in [4.78, 5) is 16.3. The summed E-state index contributed by atoms with van der Waals surface area (Å²) in [5.74, 6) is 1.52. The monoisotopic (exact) mass is 556 g/mol. The molecule has 10 heteroatoms. The minimum absolute atomic E-state index is 0.0454. The lowest BCUT2D eigenvalue weighted by Gasteiger charge is -2.30. The van der Waals surface area contributed by atoms with Crippen molar-refractivity contribution >= 4 is 34.0 Å². The molecule has 2 saturated heterocycles. The molecule has 5 rings (SSSR count). The number of nitrogens with one attached hydrogen (secondary N) is 1. The van der Waals surface area contributed by atoms with Crippen molar-refractivity contribution in [3.05, 3.63) is 47.5 Å². The number of benzene rings is 2. The van der Waals surface area contributed by atoms with Crippen LogP contribution in [0.1, 0.15) is 25.7 Å². The van der Waals surface area contributed by atoms with Crippen molar-refractivity contribution in [3.63, 3.8) is 0 Å². The van der Waals surface area contributed by atoms with E-state index in [2.05, 4.69) is 44.1 Å². The van der Waals surface area contributed by atoms with Crippen LogP contribution in [0.4, 0.5) is 15.9 Å². The van der Waals surface area contributed by atoms with E-state index in [4.69, 9.17) is 21.1 Å². The lowest BCUT2D eigenvalue weighted by molar-refractivity contribution is 0.115. The number of halogens is 2. The third-order valence-corrected chi connectivity index (χ3v) is 7.81. The fourth-order valence-corrected chi connectivity index (χ4v) is 5.38. The molecule has 1 aromatic heterocycles. The first kappa shape index (κ1) is 27.8. The second-order valence-electron chi connectivity index (χ2n) is 10.6. The van der Waals surface area contributed by atoms with Gasteiger partial charge in [0.1, 0.15) is 35.6 Å². The highest BCUT2D eigenvalue weighted by Crippen LogP contribution is 2.37. The molecular weight excluding hydrogens is 519 g/mol. The Hall–Kier alpha value is -2.72. The number of hydrogen-bond donors (Lipinski definition) is 1. The van der Waals surface area contributed by atoms with Crippen LogP contribution in [0.5, 0.6) is 11.5 Å². The fraction of sp³-hybridized carbons (Fsp3) is 0.517. The van der Waals surface area contributed by atoms with Gasteiger partial charge in [-0.2, -0.15) is 0 Å². The van der Waals surface area contributed by atoms with Gasteiger partial charge in [-0.15, -0.1) is 0 Å². The molecule has 210 valence electrons. The molecule has 0 aliphatic carbocycles. The highest BCUT2D eigenvalue weighted by atomic mass is 35.5. The Morgan fingerprint density at radius 3 is 2.64 bits per heavy atom. The van der Waals surface area contributed by atoms with Crippen molar-refractivity contribution in [3.8, 4) is 11.5 Å². The van der Waals surface area contributed by atoms with Crippen molar-refractivity contribution in [2.75, 3.05) is 71.8 Å². The fourth-order valence-electron chi connectivity index (χ4n) is 5.20. The Kier molecular flexibility index (Phi) is 9.34. The molecule has 0 atom stereocenters. The summed E-state index contributed by atoms with van der Waals surface area (Å²) in [7, 11) is 4.32. The van der Waals surface area contributed by atoms with Crippen LogP contribution in [0.2, 0.25) is 5.02 Å². The maximum atomic E-state index is 13.7. The van der Waals surface area contributed by atoms with Gasteiger partial charge < -0.3 is 29.5 Å². The molecule has 2 aliphatic rings. The van der Waals surface area contributed by atoms with Gasteiger partial charge in [0.15, 0.2) is 0 Å². The zero-order valence-corrected chi connectivity index (χ0v) is 23.6. The molecule has 39 heavy (non-hydrogen) atoms. The van der Waals surface area contributed by atoms with Crippen LogP contribution in [-0.2, 0) is 0 Å². The first-order chi connectivity index (χ1) is 18.9. The van der Waals surface area contributed by atoms with Crippen LogP contribution in [0.3, 0.4) is 0 Å². The van der Waals surface area contributed by atoms with Crippen LogP contribution < -0.4 is 14.8 Å². The molecule has 0 unspecified atom stereocenters. The van der Waals surface area contributed by atoms with Gasteiger partial charge in [0.25, 0.3) is 0 Å². The smallest absolute Gasteiger partial charge is 0.145 e. The Morgan fingerprint density at radius 2 is 1.82 bits per heavy atom. The number of rotatable bonds is 9. The molecule has 0 bridgehead atoms. The van der Waals surface area contributed by atoms with Crippen molar-refractivity contribution < 1.29 is 13.9 Å². The van der Waals surface area contributed by atoms with Crippen LogP contribution in [0, 0.1) is 5.82 Å². The second kappa shape index (κ2) is 13.1. The van der Waals surface area contributed by atoms with E-state index in [1.54, 1.807) is 12.1 Å². The maximum absolute atomic E-state index is 13.7. The van der Waals surface area contributed by atoms with Crippen LogP contribution >= 0.6 is 11.6 Å². The van der Waals surface area contributed by atoms with Gasteiger partial charge in [-0.05, 0) is 71.1 Å². The SMILES string of the molecule is CN1CCC(Oc2cc(OCCCN3CCCN(C)CC3)cc3ncnc(Nc4ccc(F)c(Cl)c4)c23)CC1. The number of likely N-dealkylation sites (N-methyl/N-ethyl adjacent to an activating group) is 1. The predicted octanol–water partition coefficient (Wildman–Crippen LogP) is 5.05. The molecule has 8 nitrogen and oxygen atoms in total. The number of anilines is 2. The van der Waals surface area contributed by atoms with Crippen molar-refractivity contribution in [1.29, 1.82) is 0 Å². The van der Waals surface area contributed by atoms with Crippen molar-refractivity contribution in [1.82, 2.24) is 24.7 Å². The molecule has 0 amide bonds. The third kappa shape index (κ3) is 7.48. The summed E-state index contributed by atoms with van der Waals surface area (Å²) in [6, 6.07) is 8.39. The van der Waals surface area contributed by atoms with E-state index in [-0.39, 0.29) is 11.1 Å². The summed E-state index contributed by atoms with van der Waals surface area (Å²) in [5.41, 5.74) is 1.35. The molecule has 1 N–H and O–H groups in total. The van der Waals surface area contributed by atoms with Gasteiger partial charge >= 0.3 is 0 Å². The summed E-state index contributed by atoms with van der Waals surface area (Å²) >= 11 is 6.02. The average molecular weight is 557 g/mol. The quantitative estimate of drug-likeness (QED) is 0.368. The number of hydrogen-bond acceptors (Lipinski definition) is 8. The van der Waals surface area contributed by atoms with Crippen LogP contribution in [0.25, 0.3) is 10.9 Å². The summed E-state index contributed by atoms with van der Waals surface area (Å²) in [6.07, 6.45) is 5.65. The van der Waals surface area contributed by atoms with E-state index < -0.39 is 5.82 Å². The minimum atomic E-state index is -0.467. The van der Waals surface area contributed by atoms with Crippen molar-refractivity contribution in [2.24, 2.45) is 0 Å². The van der Waals surface area contributed by atoms with E-state index in [1.807, 2.05) is 12.1 Å². The number of ether oxygens (including phenoxy) is 2. The molecule has 3 aromatic rings.